The first-order valence-corrected chi connectivity index (χ1v) is 7.96. The third kappa shape index (κ3) is 3.73. The van der Waals surface area contributed by atoms with E-state index in [1.165, 1.54) is 0 Å². The standard InChI is InChI=1S/C16H20N2OS/c1-11(2)9-20-10-14-17-15(12(3)16(19)18-14)13-7-5-4-6-8-13/h4-8,11H,9-10H2,1-3H3,(H,17,18,19). The summed E-state index contributed by atoms with van der Waals surface area (Å²) in [5, 5.41) is 0. The average Bonchev–Trinajstić information content (AvgIpc) is 2.43. The molecular weight excluding hydrogens is 268 g/mol. The maximum absolute atomic E-state index is 12.0. The second-order valence-electron chi connectivity index (χ2n) is 5.26. The van der Waals surface area contributed by atoms with Crippen LogP contribution in [-0.4, -0.2) is 15.7 Å². The van der Waals surface area contributed by atoms with Gasteiger partial charge in [0.1, 0.15) is 5.82 Å². The molecule has 1 aromatic heterocycles. The minimum atomic E-state index is -0.0426. The minimum absolute atomic E-state index is 0.0426. The number of benzene rings is 1. The molecule has 0 fully saturated rings. The Morgan fingerprint density at radius 2 is 1.95 bits per heavy atom. The molecule has 20 heavy (non-hydrogen) atoms. The molecule has 0 atom stereocenters. The zero-order valence-electron chi connectivity index (χ0n) is 12.1. The number of aromatic nitrogens is 2. The van der Waals surface area contributed by atoms with Crippen LogP contribution in [0.15, 0.2) is 35.1 Å². The Kier molecular flexibility index (Phi) is 5.01. The van der Waals surface area contributed by atoms with E-state index >= 15 is 0 Å². The number of hydrogen-bond donors (Lipinski definition) is 1. The molecule has 3 nitrogen and oxygen atoms in total. The highest BCUT2D eigenvalue weighted by Crippen LogP contribution is 2.20. The van der Waals surface area contributed by atoms with Crippen molar-refractivity contribution in [1.82, 2.24) is 9.97 Å². The predicted octanol–water partition coefficient (Wildman–Crippen LogP) is 3.63. The Morgan fingerprint density at radius 1 is 1.25 bits per heavy atom. The summed E-state index contributed by atoms with van der Waals surface area (Å²) >= 11 is 1.80. The summed E-state index contributed by atoms with van der Waals surface area (Å²) in [5.41, 5.74) is 2.41. The number of nitrogens with zero attached hydrogens (tertiary/aromatic N) is 1. The molecule has 1 N–H and O–H groups in total. The van der Waals surface area contributed by atoms with Gasteiger partial charge in [-0.25, -0.2) is 4.98 Å². The fourth-order valence-corrected chi connectivity index (χ4v) is 2.84. The van der Waals surface area contributed by atoms with E-state index in [4.69, 9.17) is 0 Å². The van der Waals surface area contributed by atoms with Gasteiger partial charge in [0.15, 0.2) is 0 Å². The molecule has 0 bridgehead atoms. The molecule has 2 aromatic rings. The van der Waals surface area contributed by atoms with Crippen molar-refractivity contribution in [2.45, 2.75) is 26.5 Å². The van der Waals surface area contributed by atoms with Gasteiger partial charge in [0.2, 0.25) is 0 Å². The summed E-state index contributed by atoms with van der Waals surface area (Å²) in [6.45, 7) is 6.20. The van der Waals surface area contributed by atoms with E-state index in [0.717, 1.165) is 28.6 Å². The molecule has 0 saturated heterocycles. The van der Waals surface area contributed by atoms with Crippen molar-refractivity contribution in [2.75, 3.05) is 5.75 Å². The van der Waals surface area contributed by atoms with E-state index in [-0.39, 0.29) is 5.56 Å². The molecule has 0 aliphatic carbocycles. The predicted molar refractivity (Wildman–Crippen MR) is 86.0 cm³/mol. The number of aromatic amines is 1. The Labute approximate surface area is 123 Å². The molecule has 0 unspecified atom stereocenters. The lowest BCUT2D eigenvalue weighted by Crippen LogP contribution is -2.15. The third-order valence-electron chi connectivity index (χ3n) is 2.94. The molecule has 0 spiro atoms. The fraction of sp³-hybridized carbons (Fsp3) is 0.375. The molecule has 2 rings (SSSR count). The van der Waals surface area contributed by atoms with Crippen LogP contribution in [0.1, 0.15) is 25.2 Å². The van der Waals surface area contributed by atoms with Gasteiger partial charge < -0.3 is 4.98 Å². The van der Waals surface area contributed by atoms with Crippen molar-refractivity contribution >= 4 is 11.8 Å². The number of rotatable bonds is 5. The van der Waals surface area contributed by atoms with E-state index in [0.29, 0.717) is 11.5 Å². The van der Waals surface area contributed by atoms with Crippen molar-refractivity contribution in [1.29, 1.82) is 0 Å². The fourth-order valence-electron chi connectivity index (χ4n) is 1.92. The lowest BCUT2D eigenvalue weighted by atomic mass is 10.1. The number of H-pyrrole nitrogens is 1. The quantitative estimate of drug-likeness (QED) is 0.913. The van der Waals surface area contributed by atoms with E-state index < -0.39 is 0 Å². The van der Waals surface area contributed by atoms with Gasteiger partial charge in [-0.3, -0.25) is 4.79 Å². The van der Waals surface area contributed by atoms with Gasteiger partial charge in [-0.05, 0) is 18.6 Å². The molecular formula is C16H20N2OS. The third-order valence-corrected chi connectivity index (χ3v) is 4.32. The average molecular weight is 288 g/mol. The van der Waals surface area contributed by atoms with Crippen LogP contribution in [0.25, 0.3) is 11.3 Å². The second-order valence-corrected chi connectivity index (χ2v) is 6.29. The lowest BCUT2D eigenvalue weighted by Gasteiger charge is -2.08. The molecule has 0 radical (unpaired) electrons. The largest absolute Gasteiger partial charge is 0.310 e. The van der Waals surface area contributed by atoms with Crippen molar-refractivity contribution in [3.05, 3.63) is 52.1 Å². The molecule has 0 aliphatic rings. The second kappa shape index (κ2) is 6.75. The summed E-state index contributed by atoms with van der Waals surface area (Å²) in [6, 6.07) is 9.86. The highest BCUT2D eigenvalue weighted by atomic mass is 32.2. The summed E-state index contributed by atoms with van der Waals surface area (Å²) in [5.74, 6) is 3.21. The van der Waals surface area contributed by atoms with Crippen molar-refractivity contribution in [2.24, 2.45) is 5.92 Å². The van der Waals surface area contributed by atoms with Gasteiger partial charge in [-0.2, -0.15) is 11.8 Å². The Bertz CT molecular complexity index is 620. The molecule has 0 saturated carbocycles. The summed E-state index contributed by atoms with van der Waals surface area (Å²) in [6.07, 6.45) is 0. The highest BCUT2D eigenvalue weighted by molar-refractivity contribution is 7.98. The normalized spacial score (nSPS) is 11.0. The zero-order chi connectivity index (χ0) is 14.5. The number of nitrogens with one attached hydrogen (secondary N) is 1. The minimum Gasteiger partial charge on any atom is -0.310 e. The van der Waals surface area contributed by atoms with Gasteiger partial charge in [0.25, 0.3) is 5.56 Å². The van der Waals surface area contributed by atoms with E-state index in [9.17, 15) is 4.79 Å². The molecule has 1 aromatic carbocycles. The van der Waals surface area contributed by atoms with E-state index in [1.807, 2.05) is 37.3 Å². The van der Waals surface area contributed by atoms with E-state index in [2.05, 4.69) is 23.8 Å². The van der Waals surface area contributed by atoms with Crippen LogP contribution in [0.2, 0.25) is 0 Å². The van der Waals surface area contributed by atoms with Crippen LogP contribution < -0.4 is 5.56 Å². The molecule has 106 valence electrons. The zero-order valence-corrected chi connectivity index (χ0v) is 13.0. The molecule has 0 amide bonds. The smallest absolute Gasteiger partial charge is 0.254 e. The molecule has 4 heteroatoms. The summed E-state index contributed by atoms with van der Waals surface area (Å²) in [7, 11) is 0. The SMILES string of the molecule is Cc1c(-c2ccccc2)nc(CSCC(C)C)[nH]c1=O. The van der Waals surface area contributed by atoms with Crippen molar-refractivity contribution in [3.8, 4) is 11.3 Å². The van der Waals surface area contributed by atoms with Gasteiger partial charge in [-0.15, -0.1) is 0 Å². The highest BCUT2D eigenvalue weighted by Gasteiger charge is 2.09. The Hall–Kier alpha value is -1.55. The van der Waals surface area contributed by atoms with Gasteiger partial charge in [0, 0.05) is 11.1 Å². The first-order chi connectivity index (χ1) is 9.58. The van der Waals surface area contributed by atoms with Gasteiger partial charge in [-0.1, -0.05) is 44.2 Å². The molecule has 0 aliphatic heterocycles. The van der Waals surface area contributed by atoms with Crippen LogP contribution in [0.3, 0.4) is 0 Å². The lowest BCUT2D eigenvalue weighted by molar-refractivity contribution is 0.749. The maximum Gasteiger partial charge on any atom is 0.254 e. The number of hydrogen-bond acceptors (Lipinski definition) is 3. The Balaban J connectivity index is 2.29. The van der Waals surface area contributed by atoms with Gasteiger partial charge in [0.05, 0.1) is 11.4 Å². The topological polar surface area (TPSA) is 45.8 Å². The van der Waals surface area contributed by atoms with Crippen LogP contribution in [0, 0.1) is 12.8 Å². The first kappa shape index (κ1) is 14.9. The van der Waals surface area contributed by atoms with Crippen molar-refractivity contribution < 1.29 is 0 Å². The Morgan fingerprint density at radius 3 is 2.60 bits per heavy atom. The van der Waals surface area contributed by atoms with Crippen LogP contribution >= 0.6 is 11.8 Å². The van der Waals surface area contributed by atoms with Crippen molar-refractivity contribution in [3.63, 3.8) is 0 Å². The number of thioether (sulfide) groups is 1. The van der Waals surface area contributed by atoms with Gasteiger partial charge >= 0.3 is 0 Å². The molecule has 1 heterocycles. The maximum atomic E-state index is 12.0. The van der Waals surface area contributed by atoms with Crippen LogP contribution in [-0.2, 0) is 5.75 Å². The monoisotopic (exact) mass is 288 g/mol. The van der Waals surface area contributed by atoms with E-state index in [1.54, 1.807) is 11.8 Å². The summed E-state index contributed by atoms with van der Waals surface area (Å²) < 4.78 is 0. The van der Waals surface area contributed by atoms with Crippen LogP contribution in [0.4, 0.5) is 0 Å². The first-order valence-electron chi connectivity index (χ1n) is 6.81. The summed E-state index contributed by atoms with van der Waals surface area (Å²) in [4.78, 5) is 19.5. The van der Waals surface area contributed by atoms with Crippen LogP contribution in [0.5, 0.6) is 0 Å².